The second-order valence-corrected chi connectivity index (χ2v) is 23.9. The number of carbonyl (C=O) groups excluding carboxylic acids is 2. The van der Waals surface area contributed by atoms with E-state index in [4.69, 9.17) is 14.2 Å². The van der Waals surface area contributed by atoms with Crippen LogP contribution in [0.25, 0.3) is 0 Å². The van der Waals surface area contributed by atoms with E-state index in [0.717, 1.165) is 103 Å². The molecule has 2 fully saturated rings. The van der Waals surface area contributed by atoms with E-state index in [2.05, 4.69) is 38.3 Å². The van der Waals surface area contributed by atoms with Gasteiger partial charge in [0.15, 0.2) is 12.6 Å². The van der Waals surface area contributed by atoms with Gasteiger partial charge in [-0.3, -0.25) is 9.59 Å². The molecular weight excluding hydrogens is 973 g/mol. The quantitative estimate of drug-likeness (QED) is 0.0269. The molecule has 2 aliphatic rings. The Bertz CT molecular complexity index is 1220. The Morgan fingerprint density at radius 3 is 0.753 bits per heavy atom. The Morgan fingerprint density at radius 2 is 0.532 bits per heavy atom. The zero-order valence-electron chi connectivity index (χ0n) is 50.2. The highest BCUT2D eigenvalue weighted by atomic mass is 16.8. The van der Waals surface area contributed by atoms with Gasteiger partial charge in [-0.05, 0) is 25.7 Å². The molecule has 2 aliphatic heterocycles. The summed E-state index contributed by atoms with van der Waals surface area (Å²) in [7, 11) is 0. The summed E-state index contributed by atoms with van der Waals surface area (Å²) in [4.78, 5) is 27.7. The molecule has 456 valence electrons. The number of aliphatic hydroxyl groups excluding tert-OH is 6. The van der Waals surface area contributed by atoms with Crippen molar-refractivity contribution in [3.63, 3.8) is 0 Å². The minimum Gasteiger partial charge on any atom is -0.388 e. The largest absolute Gasteiger partial charge is 0.388 e. The molecule has 2 heterocycles. The van der Waals surface area contributed by atoms with E-state index in [9.17, 15) is 40.2 Å². The minimum atomic E-state index is -1.77. The van der Waals surface area contributed by atoms with Crippen molar-refractivity contribution >= 4 is 11.8 Å². The van der Waals surface area contributed by atoms with Crippen LogP contribution in [-0.2, 0) is 23.8 Å². The SMILES string of the molecule is CCCCCCCCCCCCC(CCCCCCCCCCCC)C(=O)NCC1O[C@@H](O[C@@H]2OC(CNC(=O)C(CCCCCCCCCCCC)CCCCCCCCCCCC)[C@H](O)[C@H](O)C2O)C(O)[C@@H](O)[C@H]1O. The number of aliphatic hydroxyl groups is 6. The van der Waals surface area contributed by atoms with Crippen molar-refractivity contribution in [2.75, 3.05) is 13.1 Å². The van der Waals surface area contributed by atoms with E-state index in [1.807, 2.05) is 0 Å². The zero-order valence-corrected chi connectivity index (χ0v) is 50.2. The van der Waals surface area contributed by atoms with E-state index in [0.29, 0.717) is 0 Å². The highest BCUT2D eigenvalue weighted by molar-refractivity contribution is 5.79. The van der Waals surface area contributed by atoms with Gasteiger partial charge in [-0.1, -0.05) is 285 Å². The van der Waals surface area contributed by atoms with Gasteiger partial charge in [0, 0.05) is 24.9 Å². The number of amides is 2. The average Bonchev–Trinajstić information content (AvgIpc) is 3.44. The van der Waals surface area contributed by atoms with Crippen LogP contribution in [0, 0.1) is 11.8 Å². The molecule has 0 aliphatic carbocycles. The van der Waals surface area contributed by atoms with Crippen molar-refractivity contribution in [3.8, 4) is 0 Å². The van der Waals surface area contributed by atoms with Gasteiger partial charge >= 0.3 is 0 Å². The number of unbranched alkanes of at least 4 members (excludes halogenated alkanes) is 36. The van der Waals surface area contributed by atoms with Gasteiger partial charge in [0.25, 0.3) is 0 Å². The summed E-state index contributed by atoms with van der Waals surface area (Å²) in [5, 5.41) is 72.2. The smallest absolute Gasteiger partial charge is 0.223 e. The van der Waals surface area contributed by atoms with E-state index < -0.39 is 61.4 Å². The maximum absolute atomic E-state index is 13.9. The molecule has 4 unspecified atom stereocenters. The van der Waals surface area contributed by atoms with Crippen molar-refractivity contribution in [2.45, 2.75) is 372 Å². The number of ether oxygens (including phenoxy) is 3. The predicted octanol–water partition coefficient (Wildman–Crippen LogP) is 13.3. The van der Waals surface area contributed by atoms with Gasteiger partial charge in [-0.2, -0.15) is 0 Å². The lowest BCUT2D eigenvalue weighted by molar-refractivity contribution is -0.372. The maximum atomic E-state index is 13.9. The van der Waals surface area contributed by atoms with Gasteiger partial charge in [-0.25, -0.2) is 0 Å². The molecule has 2 rings (SSSR count). The summed E-state index contributed by atoms with van der Waals surface area (Å²) in [6.07, 6.45) is 36.0. The van der Waals surface area contributed by atoms with Crippen molar-refractivity contribution in [3.05, 3.63) is 0 Å². The van der Waals surface area contributed by atoms with Crippen molar-refractivity contribution in [1.29, 1.82) is 0 Å². The van der Waals surface area contributed by atoms with Crippen LogP contribution in [0.3, 0.4) is 0 Å². The van der Waals surface area contributed by atoms with Gasteiger partial charge in [0.2, 0.25) is 11.8 Å². The Morgan fingerprint density at radius 1 is 0.325 bits per heavy atom. The first kappa shape index (κ1) is 71.7. The van der Waals surface area contributed by atoms with Gasteiger partial charge in [0.05, 0.1) is 0 Å². The zero-order chi connectivity index (χ0) is 56.1. The molecule has 13 heteroatoms. The van der Waals surface area contributed by atoms with Gasteiger partial charge in [-0.15, -0.1) is 0 Å². The first-order valence-electron chi connectivity index (χ1n) is 33.1. The first-order valence-corrected chi connectivity index (χ1v) is 33.1. The second-order valence-electron chi connectivity index (χ2n) is 23.9. The van der Waals surface area contributed by atoms with Gasteiger partial charge in [0.1, 0.15) is 48.8 Å². The molecule has 8 N–H and O–H groups in total. The maximum Gasteiger partial charge on any atom is 0.223 e. The molecular formula is C64H124N2O11. The summed E-state index contributed by atoms with van der Waals surface area (Å²) >= 11 is 0. The lowest BCUT2D eigenvalue weighted by Gasteiger charge is -2.45. The molecule has 0 aromatic carbocycles. The fraction of sp³-hybridized carbons (Fsp3) is 0.969. The summed E-state index contributed by atoms with van der Waals surface area (Å²) in [6.45, 7) is 8.66. The first-order chi connectivity index (χ1) is 37.5. The summed E-state index contributed by atoms with van der Waals surface area (Å²) < 4.78 is 17.9. The van der Waals surface area contributed by atoms with Crippen molar-refractivity contribution < 1.29 is 54.4 Å². The molecule has 0 saturated carbocycles. The average molecular weight is 1100 g/mol. The molecule has 0 aromatic heterocycles. The number of hydrogen-bond donors (Lipinski definition) is 8. The minimum absolute atomic E-state index is 0.131. The molecule has 2 saturated heterocycles. The standard InChI is InChI=1S/C64H124N2O11/c1-5-9-13-17-21-25-29-33-37-41-45-51(46-42-38-34-30-26-22-18-14-10-6-2)61(73)65-49-53-55(67)57(69)59(71)63(75-53)77-64-60(72)58(70)56(68)54(76-64)50-66-62(74)52(47-43-39-35-31-27-23-19-15-11-7-3)48-44-40-36-32-28-24-20-16-12-8-4/h51-60,63-64,67-72H,5-50H2,1-4H3,(H,65,73)(H,66,74)/t53?,54?,55-,56-,57-,58-,59?,60?,63-,64-/m0/s1. The fourth-order valence-electron chi connectivity index (χ4n) is 11.5. The number of carbonyl (C=O) groups is 2. The summed E-state index contributed by atoms with van der Waals surface area (Å²) in [5.41, 5.74) is 0. The van der Waals surface area contributed by atoms with Crippen LogP contribution in [0.5, 0.6) is 0 Å². The normalized spacial score (nSPS) is 23.8. The molecule has 10 atom stereocenters. The molecule has 2 amide bonds. The van der Waals surface area contributed by atoms with E-state index in [1.165, 1.54) is 180 Å². The highest BCUT2D eigenvalue weighted by Gasteiger charge is 2.50. The Labute approximate surface area is 471 Å². The molecule has 0 bridgehead atoms. The van der Waals surface area contributed by atoms with Crippen LogP contribution in [0.4, 0.5) is 0 Å². The van der Waals surface area contributed by atoms with Crippen LogP contribution in [-0.4, -0.2) is 117 Å². The Kier molecular flexibility index (Phi) is 44.8. The number of nitrogens with one attached hydrogen (secondary N) is 2. The monoisotopic (exact) mass is 1100 g/mol. The topological polar surface area (TPSA) is 207 Å². The molecule has 77 heavy (non-hydrogen) atoms. The molecule has 0 spiro atoms. The van der Waals surface area contributed by atoms with Crippen LogP contribution in [0.2, 0.25) is 0 Å². The third-order valence-corrected chi connectivity index (χ3v) is 16.9. The molecule has 0 radical (unpaired) electrons. The third kappa shape index (κ3) is 33.3. The number of rotatable bonds is 52. The summed E-state index contributed by atoms with van der Waals surface area (Å²) in [6, 6.07) is 0. The second kappa shape index (κ2) is 48.1. The third-order valence-electron chi connectivity index (χ3n) is 16.9. The lowest BCUT2D eigenvalue weighted by Crippen LogP contribution is -2.65. The summed E-state index contributed by atoms with van der Waals surface area (Å²) in [5.74, 6) is -0.666. The van der Waals surface area contributed by atoms with Gasteiger partial charge < -0.3 is 55.5 Å². The lowest BCUT2D eigenvalue weighted by atomic mass is 9.92. The van der Waals surface area contributed by atoms with E-state index >= 15 is 0 Å². The van der Waals surface area contributed by atoms with E-state index in [1.54, 1.807) is 0 Å². The van der Waals surface area contributed by atoms with Crippen LogP contribution < -0.4 is 10.6 Å². The molecule has 13 nitrogen and oxygen atoms in total. The van der Waals surface area contributed by atoms with Crippen LogP contribution >= 0.6 is 0 Å². The van der Waals surface area contributed by atoms with Crippen LogP contribution in [0.15, 0.2) is 0 Å². The van der Waals surface area contributed by atoms with Crippen molar-refractivity contribution in [2.24, 2.45) is 11.8 Å². The Balaban J connectivity index is 2.00. The number of hydrogen-bond acceptors (Lipinski definition) is 11. The highest BCUT2D eigenvalue weighted by Crippen LogP contribution is 2.30. The predicted molar refractivity (Wildman–Crippen MR) is 313 cm³/mol. The molecule has 0 aromatic rings. The van der Waals surface area contributed by atoms with Crippen LogP contribution in [0.1, 0.15) is 310 Å². The Hall–Kier alpha value is -1.42. The fourth-order valence-corrected chi connectivity index (χ4v) is 11.5. The van der Waals surface area contributed by atoms with Crippen molar-refractivity contribution in [1.82, 2.24) is 10.6 Å². The van der Waals surface area contributed by atoms with E-state index in [-0.39, 0.29) is 36.7 Å².